The van der Waals surface area contributed by atoms with Gasteiger partial charge < -0.3 is 52.3 Å². The molecule has 236 valence electrons. The highest BCUT2D eigenvalue weighted by Crippen LogP contribution is 2.25. The zero-order valence-corrected chi connectivity index (χ0v) is 25.5. The summed E-state index contributed by atoms with van der Waals surface area (Å²) in [5.41, 5.74) is 11.9. The second kappa shape index (κ2) is 23.6. The van der Waals surface area contributed by atoms with E-state index in [1.165, 1.54) is 18.2 Å². The van der Waals surface area contributed by atoms with Crippen LogP contribution in [0.2, 0.25) is 0 Å². The molecule has 0 fully saturated rings. The predicted molar refractivity (Wildman–Crippen MR) is 160 cm³/mol. The van der Waals surface area contributed by atoms with Crippen LogP contribution in [0.25, 0.3) is 0 Å². The zero-order valence-electron chi connectivity index (χ0n) is 25.5. The molecule has 0 unspecified atom stereocenters. The average Bonchev–Trinajstić information content (AvgIpc) is 2.92. The van der Waals surface area contributed by atoms with Gasteiger partial charge in [0.05, 0.1) is 5.41 Å². The number of nitrogens with two attached hydrogens (primary N) is 2. The molecule has 0 aliphatic carbocycles. The number of hydrogen-bond acceptors (Lipinski definition) is 13. The zero-order chi connectivity index (χ0) is 30.9. The highest BCUT2D eigenvalue weighted by atomic mass is 16.6. The third-order valence-corrected chi connectivity index (χ3v) is 5.82. The molecule has 9 N–H and O–H groups in total. The van der Waals surface area contributed by atoms with Crippen molar-refractivity contribution in [3.8, 4) is 0 Å². The van der Waals surface area contributed by atoms with Crippen molar-refractivity contribution in [3.63, 3.8) is 0 Å². The minimum atomic E-state index is -0.941. The molecule has 0 aromatic heterocycles. The van der Waals surface area contributed by atoms with Crippen molar-refractivity contribution in [1.29, 1.82) is 0 Å². The Morgan fingerprint density at radius 2 is 0.976 bits per heavy atom. The molecule has 0 atom stereocenters. The Balaban J connectivity index is 5.28. The number of esters is 3. The summed E-state index contributed by atoms with van der Waals surface area (Å²) in [5.74, 6) is -1.68. The summed E-state index contributed by atoms with van der Waals surface area (Å²) in [6.07, 6.45) is 4.47. The van der Waals surface area contributed by atoms with Gasteiger partial charge in [-0.05, 0) is 34.1 Å². The maximum atomic E-state index is 12.5. The lowest BCUT2D eigenvalue weighted by Gasteiger charge is -2.30. The van der Waals surface area contributed by atoms with E-state index in [1.807, 2.05) is 13.8 Å². The van der Waals surface area contributed by atoms with Crippen LogP contribution in [0.15, 0.2) is 35.3 Å². The molecular weight excluding hydrogens is 530 g/mol. The molecule has 0 rings (SSSR count). The van der Waals surface area contributed by atoms with Gasteiger partial charge in [-0.1, -0.05) is 6.92 Å². The second-order valence-corrected chi connectivity index (χ2v) is 9.62. The Labute approximate surface area is 245 Å². The molecule has 0 bridgehead atoms. The largest absolute Gasteiger partial charge is 0.462 e. The van der Waals surface area contributed by atoms with E-state index >= 15 is 0 Å². The van der Waals surface area contributed by atoms with E-state index in [2.05, 4.69) is 26.6 Å². The van der Waals surface area contributed by atoms with Crippen molar-refractivity contribution in [3.05, 3.63) is 35.3 Å². The molecule has 0 aromatic carbocycles. The van der Waals surface area contributed by atoms with Gasteiger partial charge in [0.1, 0.15) is 19.8 Å². The molecule has 13 nitrogen and oxygen atoms in total. The van der Waals surface area contributed by atoms with Crippen LogP contribution in [0.3, 0.4) is 0 Å². The Kier molecular flexibility index (Phi) is 21.8. The first-order chi connectivity index (χ1) is 19.6. The fourth-order valence-corrected chi connectivity index (χ4v) is 3.34. The normalized spacial score (nSPS) is 12.5. The molecular formula is C28H53N7O6. The average molecular weight is 584 g/mol. The summed E-state index contributed by atoms with van der Waals surface area (Å²) in [5, 5.41) is 15.6. The maximum Gasteiger partial charge on any atom is 0.332 e. The van der Waals surface area contributed by atoms with Crippen molar-refractivity contribution >= 4 is 17.9 Å². The lowest BCUT2D eigenvalue weighted by atomic mass is 9.88. The van der Waals surface area contributed by atoms with Gasteiger partial charge in [-0.3, -0.25) is 0 Å². The highest BCUT2D eigenvalue weighted by molar-refractivity contribution is 5.83. The first kappa shape index (κ1) is 37.9. The van der Waals surface area contributed by atoms with Crippen molar-refractivity contribution in [2.45, 2.75) is 41.0 Å². The van der Waals surface area contributed by atoms with Crippen molar-refractivity contribution in [1.82, 2.24) is 26.6 Å². The van der Waals surface area contributed by atoms with E-state index in [0.717, 1.165) is 0 Å². The van der Waals surface area contributed by atoms with Crippen LogP contribution in [-0.4, -0.2) is 96.6 Å². The summed E-state index contributed by atoms with van der Waals surface area (Å²) in [6.45, 7) is 14.5. The summed E-state index contributed by atoms with van der Waals surface area (Å²) < 4.78 is 16.5. The van der Waals surface area contributed by atoms with Gasteiger partial charge in [0.25, 0.3) is 0 Å². The van der Waals surface area contributed by atoms with Crippen LogP contribution >= 0.6 is 0 Å². The van der Waals surface area contributed by atoms with E-state index in [1.54, 1.807) is 20.8 Å². The number of allylic oxidation sites excluding steroid dienone is 3. The van der Waals surface area contributed by atoms with Crippen LogP contribution < -0.4 is 38.1 Å². The van der Waals surface area contributed by atoms with Gasteiger partial charge in [-0.2, -0.15) is 0 Å². The Bertz CT molecular complexity index is 815. The number of carbonyl (C=O) groups is 3. The van der Waals surface area contributed by atoms with Gasteiger partial charge >= 0.3 is 17.9 Å². The van der Waals surface area contributed by atoms with Crippen molar-refractivity contribution in [2.24, 2.45) is 16.9 Å². The van der Waals surface area contributed by atoms with Crippen LogP contribution in [0, 0.1) is 5.41 Å². The predicted octanol–water partition coefficient (Wildman–Crippen LogP) is -0.391. The van der Waals surface area contributed by atoms with Crippen LogP contribution in [0.1, 0.15) is 41.0 Å². The van der Waals surface area contributed by atoms with Crippen LogP contribution in [0.5, 0.6) is 0 Å². The van der Waals surface area contributed by atoms with E-state index in [9.17, 15) is 14.4 Å². The minimum absolute atomic E-state index is 0.111. The topological polar surface area (TPSA) is 191 Å². The maximum absolute atomic E-state index is 12.5. The highest BCUT2D eigenvalue weighted by Gasteiger charge is 2.34. The Morgan fingerprint density at radius 1 is 0.610 bits per heavy atom. The third kappa shape index (κ3) is 20.4. The molecule has 0 saturated heterocycles. The Hall–Kier alpha value is -3.13. The van der Waals surface area contributed by atoms with Gasteiger partial charge in [0.15, 0.2) is 0 Å². The van der Waals surface area contributed by atoms with Crippen molar-refractivity contribution < 1.29 is 28.6 Å². The van der Waals surface area contributed by atoms with Crippen LogP contribution in [0.4, 0.5) is 0 Å². The molecule has 0 aromatic rings. The third-order valence-electron chi connectivity index (χ3n) is 5.82. The lowest BCUT2D eigenvalue weighted by molar-refractivity contribution is -0.156. The molecule has 0 radical (unpaired) electrons. The van der Waals surface area contributed by atoms with E-state index in [-0.39, 0.29) is 19.8 Å². The molecule has 0 spiro atoms. The number of hydrogen-bond donors (Lipinski definition) is 7. The molecule has 0 aliphatic heterocycles. The molecule has 13 heteroatoms. The molecule has 0 heterocycles. The second-order valence-electron chi connectivity index (χ2n) is 9.62. The summed E-state index contributed by atoms with van der Waals surface area (Å²) in [4.78, 5) is 37.4. The fraction of sp³-hybridized carbons (Fsp3) is 0.679. The summed E-state index contributed by atoms with van der Waals surface area (Å²) in [7, 11) is 0. The van der Waals surface area contributed by atoms with Gasteiger partial charge in [-0.25, -0.2) is 14.4 Å². The molecule has 0 amide bonds. The fourth-order valence-electron chi connectivity index (χ4n) is 3.34. The number of nitrogens with one attached hydrogen (secondary N) is 5. The standard InChI is InChI=1S/C28H53N7O6/c1-6-28(19-39-25(36)16-22(3)33-7-2,20-40-26(37)17-23(4)34-14-12-31-10-8-29)21-41-27(38)18-24(5)35-15-13-32-11-9-30/h16-18,31-35H,6-15,19-21,29-30H2,1-5H3/b22-16-,23-17-,24-18-. The summed E-state index contributed by atoms with van der Waals surface area (Å²) in [6, 6.07) is 0. The van der Waals surface area contributed by atoms with E-state index in [4.69, 9.17) is 25.7 Å². The molecule has 0 aliphatic rings. The van der Waals surface area contributed by atoms with Crippen molar-refractivity contribution in [2.75, 3.05) is 78.7 Å². The molecule has 0 saturated carbocycles. The van der Waals surface area contributed by atoms with Crippen LogP contribution in [-0.2, 0) is 28.6 Å². The Morgan fingerprint density at radius 3 is 1.29 bits per heavy atom. The number of rotatable bonds is 24. The monoisotopic (exact) mass is 583 g/mol. The quantitative estimate of drug-likeness (QED) is 0.0337. The van der Waals surface area contributed by atoms with Gasteiger partial charge in [0, 0.05) is 94.2 Å². The van der Waals surface area contributed by atoms with E-state index < -0.39 is 23.3 Å². The summed E-state index contributed by atoms with van der Waals surface area (Å²) >= 11 is 0. The van der Waals surface area contributed by atoms with Gasteiger partial charge in [-0.15, -0.1) is 0 Å². The minimum Gasteiger partial charge on any atom is -0.462 e. The molecule has 41 heavy (non-hydrogen) atoms. The van der Waals surface area contributed by atoms with E-state index in [0.29, 0.717) is 82.4 Å². The smallest absolute Gasteiger partial charge is 0.332 e. The first-order valence-corrected chi connectivity index (χ1v) is 14.2. The number of ether oxygens (including phenoxy) is 3. The SMILES string of the molecule is CCN/C(C)=C\C(=O)OCC(CC)(COC(=O)/C=C(/C)NCCNCCN)COC(=O)/C=C(/C)NCCNCCN. The first-order valence-electron chi connectivity index (χ1n) is 14.2. The lowest BCUT2D eigenvalue weighted by Crippen LogP contribution is -2.39. The number of carbonyl (C=O) groups excluding carboxylic acids is 3. The van der Waals surface area contributed by atoms with Gasteiger partial charge in [0.2, 0.25) is 0 Å².